The summed E-state index contributed by atoms with van der Waals surface area (Å²) in [5.74, 6) is 4.40. The maximum Gasteiger partial charge on any atom is 0.261 e. The molecule has 0 unspecified atom stereocenters. The average Bonchev–Trinajstić information content (AvgIpc) is 3.94. The van der Waals surface area contributed by atoms with Crippen LogP contribution in [0.15, 0.2) is 107 Å². The van der Waals surface area contributed by atoms with Crippen LogP contribution in [0.1, 0.15) is 22.8 Å². The second-order valence-electron chi connectivity index (χ2n) is 12.9. The Morgan fingerprint density at radius 2 is 1.05 bits per heavy atom. The van der Waals surface area contributed by atoms with E-state index in [1.54, 1.807) is 26.4 Å². The van der Waals surface area contributed by atoms with Crippen LogP contribution in [-0.2, 0) is 31.9 Å². The first kappa shape index (κ1) is 48.6. The zero-order chi connectivity index (χ0) is 44.4. The predicted octanol–water partition coefficient (Wildman–Crippen LogP) is 5.72. The van der Waals surface area contributed by atoms with E-state index < -0.39 is 19.1 Å². The van der Waals surface area contributed by atoms with E-state index in [-0.39, 0.29) is 16.3 Å². The Morgan fingerprint density at radius 3 is 1.46 bits per heavy atom. The standard InChI is InChI=1S/C20H24N4O4S2.C13H18N4OS.C7H7ClO3S/c1-24(12-11-21-30(25,26)18-9-7-16(27-2)8-10-18)20-22-19(23-29-20)14-15-5-4-6-17(13-15)28-3;1-17(7-6-14)13-15-12(16-19-13)9-10-4-3-5-11(8-10)18-2;1-11-6-2-4-7(5-3-6)12(8,9)10/h4-10,13,21H,11-12,14H2,1-3H3;3-5,8H,6-7,9,14H2,1-2H3;2-5H,1H3. The Labute approximate surface area is 370 Å². The number of aromatic nitrogens is 4. The quantitative estimate of drug-likeness (QED) is 0.0992. The predicted molar refractivity (Wildman–Crippen MR) is 241 cm³/mol. The van der Waals surface area contributed by atoms with E-state index in [1.165, 1.54) is 73.7 Å². The molecule has 0 amide bonds. The molecule has 0 aliphatic carbocycles. The number of rotatable bonds is 18. The van der Waals surface area contributed by atoms with Crippen molar-refractivity contribution in [2.45, 2.75) is 22.6 Å². The summed E-state index contributed by atoms with van der Waals surface area (Å²) in [7, 11) is 8.07. The third-order valence-electron chi connectivity index (χ3n) is 8.48. The van der Waals surface area contributed by atoms with E-state index in [1.807, 2.05) is 72.4 Å². The molecule has 0 atom stereocenters. The first-order chi connectivity index (χ1) is 29.2. The second kappa shape index (κ2) is 23.8. The van der Waals surface area contributed by atoms with Crippen LogP contribution in [0.4, 0.5) is 10.3 Å². The van der Waals surface area contributed by atoms with Gasteiger partial charge in [-0.1, -0.05) is 24.3 Å². The summed E-state index contributed by atoms with van der Waals surface area (Å²) in [6.07, 6.45) is 1.32. The highest BCUT2D eigenvalue weighted by atomic mass is 35.7. The van der Waals surface area contributed by atoms with Crippen LogP contribution in [0, 0.1) is 0 Å². The third kappa shape index (κ3) is 15.7. The fourth-order valence-electron chi connectivity index (χ4n) is 5.18. The molecular weight excluding hydrogens is 884 g/mol. The summed E-state index contributed by atoms with van der Waals surface area (Å²) in [6.45, 7) is 2.11. The van der Waals surface area contributed by atoms with E-state index in [0.717, 1.165) is 45.3 Å². The molecule has 0 radical (unpaired) electrons. The van der Waals surface area contributed by atoms with Gasteiger partial charge in [-0.15, -0.1) is 0 Å². The van der Waals surface area contributed by atoms with Crippen LogP contribution in [0.25, 0.3) is 0 Å². The molecule has 0 spiro atoms. The third-order valence-corrected chi connectivity index (χ3v) is 13.1. The number of likely N-dealkylation sites (N-methyl/N-ethyl adjacent to an activating group) is 2. The van der Waals surface area contributed by atoms with Crippen LogP contribution in [0.3, 0.4) is 0 Å². The fourth-order valence-corrected chi connectivity index (χ4v) is 8.31. The first-order valence-corrected chi connectivity index (χ1v) is 23.8. The highest BCUT2D eigenvalue weighted by Gasteiger charge is 2.16. The normalized spacial score (nSPS) is 11.0. The number of ether oxygens (including phenoxy) is 4. The van der Waals surface area contributed by atoms with E-state index >= 15 is 0 Å². The van der Waals surface area contributed by atoms with Crippen molar-refractivity contribution in [1.29, 1.82) is 0 Å². The molecule has 0 fully saturated rings. The van der Waals surface area contributed by atoms with Gasteiger partial charge in [0, 0.05) is 86.9 Å². The molecule has 0 saturated heterocycles. The van der Waals surface area contributed by atoms with Gasteiger partial charge in [0.25, 0.3) is 9.05 Å². The molecule has 2 aromatic heterocycles. The molecule has 328 valence electrons. The van der Waals surface area contributed by atoms with Gasteiger partial charge in [0.05, 0.1) is 38.2 Å². The number of methoxy groups -OCH3 is 4. The smallest absolute Gasteiger partial charge is 0.261 e. The summed E-state index contributed by atoms with van der Waals surface area (Å²) in [4.78, 5) is 13.2. The maximum atomic E-state index is 12.4. The number of hydrogen-bond acceptors (Lipinski definition) is 17. The molecule has 61 heavy (non-hydrogen) atoms. The SMILES string of the molecule is COc1ccc(S(=O)(=O)Cl)cc1.COc1ccc(S(=O)(=O)NCCN(C)c2nc(Cc3cccc(OC)c3)ns2)cc1.COc1cccc(Cc2nsc(N(C)CCN)n2)c1. The van der Waals surface area contributed by atoms with Gasteiger partial charge >= 0.3 is 0 Å². The van der Waals surface area contributed by atoms with Gasteiger partial charge in [-0.3, -0.25) is 0 Å². The first-order valence-electron chi connectivity index (χ1n) is 18.4. The highest BCUT2D eigenvalue weighted by Crippen LogP contribution is 2.22. The van der Waals surface area contributed by atoms with Crippen molar-refractivity contribution in [1.82, 2.24) is 23.4 Å². The Kier molecular flexibility index (Phi) is 18.9. The largest absolute Gasteiger partial charge is 0.497 e. The minimum Gasteiger partial charge on any atom is -0.497 e. The number of anilines is 2. The van der Waals surface area contributed by atoms with Gasteiger partial charge in [-0.25, -0.2) is 31.5 Å². The van der Waals surface area contributed by atoms with Crippen molar-refractivity contribution in [3.05, 3.63) is 120 Å². The van der Waals surface area contributed by atoms with Gasteiger partial charge in [-0.05, 0) is 83.9 Å². The lowest BCUT2D eigenvalue weighted by Crippen LogP contribution is -2.33. The Balaban J connectivity index is 0.000000224. The number of nitrogens with one attached hydrogen (secondary N) is 1. The molecule has 0 bridgehead atoms. The molecule has 3 N–H and O–H groups in total. The maximum absolute atomic E-state index is 12.4. The topological polar surface area (TPSA) is 201 Å². The van der Waals surface area contributed by atoms with Crippen molar-refractivity contribution in [3.63, 3.8) is 0 Å². The molecule has 16 nitrogen and oxygen atoms in total. The number of benzene rings is 4. The summed E-state index contributed by atoms with van der Waals surface area (Å²) >= 11 is 2.69. The lowest BCUT2D eigenvalue weighted by Gasteiger charge is -2.15. The van der Waals surface area contributed by atoms with Gasteiger partial charge < -0.3 is 34.5 Å². The minimum absolute atomic E-state index is 0.0740. The summed E-state index contributed by atoms with van der Waals surface area (Å²) < 4.78 is 78.1. The summed E-state index contributed by atoms with van der Waals surface area (Å²) in [6, 6.07) is 27.9. The van der Waals surface area contributed by atoms with Crippen molar-refractivity contribution in [2.24, 2.45) is 5.73 Å². The molecule has 21 heteroatoms. The van der Waals surface area contributed by atoms with Crippen molar-refractivity contribution < 1.29 is 35.8 Å². The van der Waals surface area contributed by atoms with Crippen molar-refractivity contribution >= 4 is 63.1 Å². The zero-order valence-corrected chi connectivity index (χ0v) is 38.5. The van der Waals surface area contributed by atoms with Crippen molar-refractivity contribution in [2.75, 3.05) is 78.5 Å². The number of nitrogens with two attached hydrogens (primary N) is 1. The molecule has 0 saturated carbocycles. The number of nitrogens with zero attached hydrogens (tertiary/aromatic N) is 6. The molecule has 6 rings (SSSR count). The Bertz CT molecular complexity index is 2470. The fraction of sp³-hybridized carbons (Fsp3) is 0.300. The van der Waals surface area contributed by atoms with Crippen LogP contribution < -0.4 is 39.2 Å². The number of sulfonamides is 1. The van der Waals surface area contributed by atoms with Gasteiger partial charge in [0.15, 0.2) is 0 Å². The van der Waals surface area contributed by atoms with E-state index in [9.17, 15) is 16.8 Å². The monoisotopic (exact) mass is 932 g/mol. The Morgan fingerprint density at radius 1 is 0.623 bits per heavy atom. The van der Waals surface area contributed by atoms with E-state index in [4.69, 9.17) is 35.4 Å². The molecular formula is C40H49ClN8O8S4. The summed E-state index contributed by atoms with van der Waals surface area (Å²) in [5, 5.41) is 1.64. The molecule has 6 aromatic rings. The van der Waals surface area contributed by atoms with Crippen LogP contribution in [0.2, 0.25) is 0 Å². The second-order valence-corrected chi connectivity index (χ2v) is 18.7. The van der Waals surface area contributed by atoms with E-state index in [2.05, 4.69) is 23.4 Å². The van der Waals surface area contributed by atoms with Gasteiger partial charge in [-0.2, -0.15) is 8.75 Å². The van der Waals surface area contributed by atoms with Crippen LogP contribution in [0.5, 0.6) is 23.0 Å². The van der Waals surface area contributed by atoms with Gasteiger partial charge in [0.2, 0.25) is 20.3 Å². The average molecular weight is 934 g/mol. The Hall–Kier alpha value is -5.09. The minimum atomic E-state index is -3.61. The number of halogens is 1. The highest BCUT2D eigenvalue weighted by molar-refractivity contribution is 8.13. The lowest BCUT2D eigenvalue weighted by molar-refractivity contribution is 0.414. The van der Waals surface area contributed by atoms with Crippen LogP contribution in [-0.4, -0.2) is 104 Å². The lowest BCUT2D eigenvalue weighted by atomic mass is 10.1. The summed E-state index contributed by atoms with van der Waals surface area (Å²) in [5.41, 5.74) is 7.74. The molecule has 0 aliphatic heterocycles. The molecule has 0 aliphatic rings. The zero-order valence-electron chi connectivity index (χ0n) is 34.5. The molecule has 2 heterocycles. The van der Waals surface area contributed by atoms with Crippen LogP contribution >= 0.6 is 33.7 Å². The van der Waals surface area contributed by atoms with E-state index in [0.29, 0.717) is 43.3 Å². The number of hydrogen-bond donors (Lipinski definition) is 2. The molecule has 4 aromatic carbocycles. The van der Waals surface area contributed by atoms with Crippen molar-refractivity contribution in [3.8, 4) is 23.0 Å². The van der Waals surface area contributed by atoms with Gasteiger partial charge in [0.1, 0.15) is 34.6 Å².